The topological polar surface area (TPSA) is 15.3 Å². The van der Waals surface area contributed by atoms with E-state index in [1.54, 1.807) is 12.1 Å². The fraction of sp³-hybridized carbons (Fsp3) is 0.571. The summed E-state index contributed by atoms with van der Waals surface area (Å²) >= 11 is 0. The number of benzene rings is 1. The van der Waals surface area contributed by atoms with Crippen molar-refractivity contribution in [2.75, 3.05) is 27.2 Å². The monoisotopic (exact) mass is 238 g/mol. The predicted octanol–water partition coefficient (Wildman–Crippen LogP) is 2.50. The largest absolute Gasteiger partial charge is 0.319 e. The van der Waals surface area contributed by atoms with Gasteiger partial charge in [-0.25, -0.2) is 4.39 Å². The van der Waals surface area contributed by atoms with Gasteiger partial charge in [-0.3, -0.25) is 0 Å². The van der Waals surface area contributed by atoms with Crippen molar-refractivity contribution >= 4 is 0 Å². The van der Waals surface area contributed by atoms with E-state index in [-0.39, 0.29) is 11.2 Å². The van der Waals surface area contributed by atoms with Crippen molar-refractivity contribution in [2.24, 2.45) is 5.41 Å². The van der Waals surface area contributed by atoms with Crippen LogP contribution < -0.4 is 5.32 Å². The summed E-state index contributed by atoms with van der Waals surface area (Å²) in [6.45, 7) is 7.19. The fourth-order valence-corrected chi connectivity index (χ4v) is 2.27. The molecule has 0 aromatic heterocycles. The van der Waals surface area contributed by atoms with E-state index in [2.05, 4.69) is 31.1 Å². The van der Waals surface area contributed by atoms with Crippen LogP contribution in [-0.4, -0.2) is 32.1 Å². The molecule has 0 unspecified atom stereocenters. The number of hydrogen-bond acceptors (Lipinski definition) is 2. The minimum Gasteiger partial charge on any atom is -0.319 e. The Hall–Kier alpha value is -0.930. The van der Waals surface area contributed by atoms with Gasteiger partial charge in [0.25, 0.3) is 0 Å². The van der Waals surface area contributed by atoms with Crippen molar-refractivity contribution in [1.82, 2.24) is 10.2 Å². The number of halogens is 1. The van der Waals surface area contributed by atoms with Crippen LogP contribution in [0.15, 0.2) is 24.3 Å². The first-order valence-corrected chi connectivity index (χ1v) is 6.00. The van der Waals surface area contributed by atoms with Crippen molar-refractivity contribution in [3.05, 3.63) is 35.6 Å². The Morgan fingerprint density at radius 2 is 2.06 bits per heavy atom. The standard InChI is InChI=1S/C14H23FN2/c1-14(2,10-16-3)11-17(4)9-12-6-5-7-13(15)8-12/h5-8,16H,9-11H2,1-4H3. The minimum atomic E-state index is -0.162. The molecule has 0 amide bonds. The van der Waals surface area contributed by atoms with Crippen LogP contribution in [0.4, 0.5) is 4.39 Å². The molecule has 2 nitrogen and oxygen atoms in total. The van der Waals surface area contributed by atoms with Gasteiger partial charge in [0.15, 0.2) is 0 Å². The Bertz CT molecular complexity index is 350. The van der Waals surface area contributed by atoms with Crippen LogP contribution in [0.1, 0.15) is 19.4 Å². The van der Waals surface area contributed by atoms with Crippen LogP contribution >= 0.6 is 0 Å². The molecule has 0 fully saturated rings. The summed E-state index contributed by atoms with van der Waals surface area (Å²) in [5, 5.41) is 3.20. The first kappa shape index (κ1) is 14.1. The Kier molecular flexibility index (Phi) is 5.09. The highest BCUT2D eigenvalue weighted by Crippen LogP contribution is 2.16. The SMILES string of the molecule is CNCC(C)(C)CN(C)Cc1cccc(F)c1. The van der Waals surface area contributed by atoms with E-state index in [1.807, 2.05) is 13.1 Å². The fourth-order valence-electron chi connectivity index (χ4n) is 2.27. The van der Waals surface area contributed by atoms with Gasteiger partial charge < -0.3 is 10.2 Å². The summed E-state index contributed by atoms with van der Waals surface area (Å²) in [5.41, 5.74) is 1.24. The summed E-state index contributed by atoms with van der Waals surface area (Å²) in [6.07, 6.45) is 0. The number of nitrogens with zero attached hydrogens (tertiary/aromatic N) is 1. The minimum absolute atomic E-state index is 0.162. The number of nitrogens with one attached hydrogen (secondary N) is 1. The highest BCUT2D eigenvalue weighted by molar-refractivity contribution is 5.16. The molecule has 0 radical (unpaired) electrons. The van der Waals surface area contributed by atoms with Gasteiger partial charge in [-0.05, 0) is 37.2 Å². The second-order valence-electron chi connectivity index (χ2n) is 5.50. The van der Waals surface area contributed by atoms with Crippen molar-refractivity contribution in [3.63, 3.8) is 0 Å². The van der Waals surface area contributed by atoms with Crippen molar-refractivity contribution in [2.45, 2.75) is 20.4 Å². The van der Waals surface area contributed by atoms with E-state index >= 15 is 0 Å². The average molecular weight is 238 g/mol. The molecule has 96 valence electrons. The molecule has 1 N–H and O–H groups in total. The van der Waals surface area contributed by atoms with Gasteiger partial charge >= 0.3 is 0 Å². The molecule has 1 rings (SSSR count). The lowest BCUT2D eigenvalue weighted by atomic mass is 9.93. The van der Waals surface area contributed by atoms with Crippen LogP contribution in [0, 0.1) is 11.2 Å². The first-order valence-electron chi connectivity index (χ1n) is 6.00. The molecule has 0 bridgehead atoms. The summed E-state index contributed by atoms with van der Waals surface area (Å²) in [6, 6.07) is 6.80. The molecule has 0 spiro atoms. The van der Waals surface area contributed by atoms with Gasteiger partial charge in [-0.2, -0.15) is 0 Å². The van der Waals surface area contributed by atoms with Crippen LogP contribution in [0.2, 0.25) is 0 Å². The zero-order valence-corrected chi connectivity index (χ0v) is 11.3. The van der Waals surface area contributed by atoms with E-state index in [0.717, 1.165) is 25.2 Å². The predicted molar refractivity (Wildman–Crippen MR) is 70.4 cm³/mol. The molecular formula is C14H23FN2. The number of rotatable bonds is 6. The van der Waals surface area contributed by atoms with Crippen LogP contribution in [0.5, 0.6) is 0 Å². The molecule has 0 aliphatic rings. The Balaban J connectivity index is 2.52. The maximum absolute atomic E-state index is 13.0. The molecular weight excluding hydrogens is 215 g/mol. The molecule has 0 atom stereocenters. The normalized spacial score (nSPS) is 12.1. The van der Waals surface area contributed by atoms with E-state index in [9.17, 15) is 4.39 Å². The molecule has 3 heteroatoms. The van der Waals surface area contributed by atoms with Crippen molar-refractivity contribution < 1.29 is 4.39 Å². The summed E-state index contributed by atoms with van der Waals surface area (Å²) in [4.78, 5) is 2.23. The third kappa shape index (κ3) is 5.29. The third-order valence-electron chi connectivity index (χ3n) is 2.69. The maximum Gasteiger partial charge on any atom is 0.123 e. The molecule has 1 aromatic rings. The highest BCUT2D eigenvalue weighted by Gasteiger charge is 2.19. The highest BCUT2D eigenvalue weighted by atomic mass is 19.1. The molecule has 0 saturated heterocycles. The lowest BCUT2D eigenvalue weighted by Gasteiger charge is -2.30. The molecule has 1 aromatic carbocycles. The average Bonchev–Trinajstić information content (AvgIpc) is 2.15. The van der Waals surface area contributed by atoms with E-state index in [4.69, 9.17) is 0 Å². The zero-order chi connectivity index (χ0) is 12.9. The van der Waals surface area contributed by atoms with Crippen molar-refractivity contribution in [1.29, 1.82) is 0 Å². The van der Waals surface area contributed by atoms with Crippen molar-refractivity contribution in [3.8, 4) is 0 Å². The molecule has 0 heterocycles. The summed E-state index contributed by atoms with van der Waals surface area (Å²) in [7, 11) is 4.04. The van der Waals surface area contributed by atoms with Crippen LogP contribution in [0.3, 0.4) is 0 Å². The third-order valence-corrected chi connectivity index (χ3v) is 2.69. The van der Waals surface area contributed by atoms with Gasteiger partial charge in [-0.15, -0.1) is 0 Å². The van der Waals surface area contributed by atoms with Gasteiger partial charge in [-0.1, -0.05) is 26.0 Å². The maximum atomic E-state index is 13.0. The quantitative estimate of drug-likeness (QED) is 0.819. The Morgan fingerprint density at radius 1 is 1.35 bits per heavy atom. The molecule has 0 saturated carbocycles. The zero-order valence-electron chi connectivity index (χ0n) is 11.3. The van der Waals surface area contributed by atoms with E-state index < -0.39 is 0 Å². The van der Waals surface area contributed by atoms with Gasteiger partial charge in [0.05, 0.1) is 0 Å². The van der Waals surface area contributed by atoms with Crippen LogP contribution in [0.25, 0.3) is 0 Å². The second-order valence-corrected chi connectivity index (χ2v) is 5.50. The van der Waals surface area contributed by atoms with Gasteiger partial charge in [0.2, 0.25) is 0 Å². The molecule has 17 heavy (non-hydrogen) atoms. The lowest BCUT2D eigenvalue weighted by Crippen LogP contribution is -2.37. The smallest absolute Gasteiger partial charge is 0.123 e. The van der Waals surface area contributed by atoms with E-state index in [0.29, 0.717) is 0 Å². The molecule has 0 aliphatic heterocycles. The summed E-state index contributed by atoms with van der Waals surface area (Å²) < 4.78 is 13.0. The number of hydrogen-bond donors (Lipinski definition) is 1. The lowest BCUT2D eigenvalue weighted by molar-refractivity contribution is 0.201. The first-order chi connectivity index (χ1) is 7.93. The Morgan fingerprint density at radius 3 is 2.65 bits per heavy atom. The second kappa shape index (κ2) is 6.12. The molecule has 0 aliphatic carbocycles. The Labute approximate surface area is 104 Å². The van der Waals surface area contributed by atoms with Gasteiger partial charge in [0.1, 0.15) is 5.82 Å². The summed E-state index contributed by atoms with van der Waals surface area (Å²) in [5.74, 6) is -0.162. The van der Waals surface area contributed by atoms with E-state index in [1.165, 1.54) is 6.07 Å². The van der Waals surface area contributed by atoms with Gasteiger partial charge in [0, 0.05) is 19.6 Å². The van der Waals surface area contributed by atoms with Crippen LogP contribution in [-0.2, 0) is 6.54 Å².